The molecule has 160 valence electrons. The molecule has 0 aliphatic carbocycles. The van der Waals surface area contributed by atoms with Gasteiger partial charge in [-0.1, -0.05) is 79.1 Å². The van der Waals surface area contributed by atoms with Crippen molar-refractivity contribution in [3.8, 4) is 0 Å². The number of quaternary nitrogens is 1. The van der Waals surface area contributed by atoms with Gasteiger partial charge < -0.3 is 18.0 Å². The second kappa shape index (κ2) is 21.6. The summed E-state index contributed by atoms with van der Waals surface area (Å²) in [5.41, 5.74) is 0. The number of hydrogen-bond acceptors (Lipinski definition) is 0. The molecule has 0 atom stereocenters. The van der Waals surface area contributed by atoms with Gasteiger partial charge in [-0.05, 0) is 51.4 Å². The van der Waals surface area contributed by atoms with Crippen LogP contribution in [0, 0.1) is 0 Å². The summed E-state index contributed by atoms with van der Waals surface area (Å²) in [7, 11) is 0. The Morgan fingerprint density at radius 3 is 0.769 bits per heavy atom. The molecule has 0 amide bonds. The lowest BCUT2D eigenvalue weighted by atomic mass is 10.1. The number of rotatable bonds is 20. The maximum Gasteiger partial charge on any atom is 0.0786 e. The molecule has 0 rings (SSSR count). The Balaban J connectivity index is 0. The van der Waals surface area contributed by atoms with Gasteiger partial charge in [-0.25, -0.2) is 0 Å². The van der Waals surface area contributed by atoms with Gasteiger partial charge in [0.25, 0.3) is 0 Å². The molecule has 0 N–H and O–H groups in total. The Morgan fingerprint density at radius 1 is 0.346 bits per heavy atom. The molecule has 0 aliphatic heterocycles. The molecule has 0 aromatic rings. The highest BCUT2D eigenvalue weighted by Gasteiger charge is 2.25. The minimum absolute atomic E-state index is 0. The Bertz CT molecular complexity index is 201. The lowest BCUT2D eigenvalue weighted by molar-refractivity contribution is -0.929. The first-order valence-corrected chi connectivity index (χ1v) is 12.1. The van der Waals surface area contributed by atoms with Crippen LogP contribution >= 0.6 is 0 Å². The van der Waals surface area contributed by atoms with Crippen LogP contribution in [0.3, 0.4) is 0 Å². The third-order valence-corrected chi connectivity index (χ3v) is 5.94. The molecule has 0 spiro atoms. The molecule has 0 saturated heterocycles. The predicted molar refractivity (Wildman–Crippen MR) is 124 cm³/mol. The first-order valence-electron chi connectivity index (χ1n) is 12.1. The van der Waals surface area contributed by atoms with Gasteiger partial charge in [0.1, 0.15) is 0 Å². The minimum Gasteiger partial charge on any atom is -2.00 e. The van der Waals surface area contributed by atoms with Crippen LogP contribution in [0.2, 0.25) is 0 Å². The monoisotopic (exact) mass is 386 g/mol. The highest BCUT2D eigenvalue weighted by atomic mass is 32.1. The summed E-state index contributed by atoms with van der Waals surface area (Å²) in [4.78, 5) is 0. The van der Waals surface area contributed by atoms with E-state index in [0.717, 1.165) is 0 Å². The van der Waals surface area contributed by atoms with E-state index in [1.807, 2.05) is 0 Å². The molecule has 0 heterocycles. The molecule has 0 radical (unpaired) electrons. The van der Waals surface area contributed by atoms with Crippen LogP contribution in [-0.2, 0) is 13.5 Å². The topological polar surface area (TPSA) is 0 Å². The highest BCUT2D eigenvalue weighted by molar-refractivity contribution is 7.37. The molecule has 0 saturated carbocycles. The van der Waals surface area contributed by atoms with Crippen molar-refractivity contribution in [3.63, 3.8) is 0 Å². The van der Waals surface area contributed by atoms with Crippen LogP contribution in [-0.4, -0.2) is 30.7 Å². The van der Waals surface area contributed by atoms with Gasteiger partial charge in [0, 0.05) is 0 Å². The fraction of sp³-hybridized carbons (Fsp3) is 1.00. The molecule has 2 heteroatoms. The molecule has 1 nitrogen and oxygen atoms in total. The molecule has 0 unspecified atom stereocenters. The van der Waals surface area contributed by atoms with Gasteiger partial charge in [-0.15, -0.1) is 0 Å². The first-order chi connectivity index (χ1) is 12.2. The van der Waals surface area contributed by atoms with Crippen LogP contribution in [0.15, 0.2) is 0 Å². The van der Waals surface area contributed by atoms with Gasteiger partial charge in [-0.2, -0.15) is 0 Å². The molecule has 0 aromatic heterocycles. The lowest BCUT2D eigenvalue weighted by Crippen LogP contribution is -2.50. The lowest BCUT2D eigenvalue weighted by Gasteiger charge is -2.39. The average Bonchev–Trinajstić information content (AvgIpc) is 2.63. The highest BCUT2D eigenvalue weighted by Crippen LogP contribution is 2.19. The quantitative estimate of drug-likeness (QED) is 0.146. The summed E-state index contributed by atoms with van der Waals surface area (Å²) in [6, 6.07) is 0. The molecule has 0 bridgehead atoms. The summed E-state index contributed by atoms with van der Waals surface area (Å²) in [6.07, 6.45) is 22.8. The Labute approximate surface area is 174 Å². The van der Waals surface area contributed by atoms with Crippen molar-refractivity contribution in [1.82, 2.24) is 0 Å². The van der Waals surface area contributed by atoms with E-state index in [1.54, 1.807) is 0 Å². The molecule has 26 heavy (non-hydrogen) atoms. The van der Waals surface area contributed by atoms with E-state index in [2.05, 4.69) is 27.7 Å². The second-order valence-electron chi connectivity index (χ2n) is 8.48. The van der Waals surface area contributed by atoms with Gasteiger partial charge in [0.15, 0.2) is 0 Å². The van der Waals surface area contributed by atoms with Crippen LogP contribution in [0.4, 0.5) is 0 Å². The zero-order valence-electron chi connectivity index (χ0n) is 19.0. The largest absolute Gasteiger partial charge is 2.00 e. The van der Waals surface area contributed by atoms with E-state index in [-0.39, 0.29) is 13.5 Å². The van der Waals surface area contributed by atoms with Crippen molar-refractivity contribution < 1.29 is 4.48 Å². The van der Waals surface area contributed by atoms with Crippen LogP contribution < -0.4 is 0 Å². The van der Waals surface area contributed by atoms with Crippen LogP contribution in [0.5, 0.6) is 0 Å². The van der Waals surface area contributed by atoms with E-state index in [1.165, 1.54) is 133 Å². The number of hydrogen-bond donors (Lipinski definition) is 0. The SMILES string of the molecule is CCCCCC[N+](CCCCCC)(CCCCCC)CCCCCC.[S-2]. The minimum atomic E-state index is 0. The fourth-order valence-electron chi connectivity index (χ4n) is 4.17. The van der Waals surface area contributed by atoms with E-state index in [0.29, 0.717) is 0 Å². The molecule has 0 aliphatic rings. The average molecular weight is 387 g/mol. The van der Waals surface area contributed by atoms with Crippen molar-refractivity contribution in [1.29, 1.82) is 0 Å². The third kappa shape index (κ3) is 16.5. The van der Waals surface area contributed by atoms with Crippen LogP contribution in [0.1, 0.15) is 130 Å². The van der Waals surface area contributed by atoms with Crippen LogP contribution in [0.25, 0.3) is 0 Å². The molecule has 0 fully saturated rings. The van der Waals surface area contributed by atoms with Gasteiger partial charge >= 0.3 is 0 Å². The van der Waals surface area contributed by atoms with E-state index in [9.17, 15) is 0 Å². The maximum absolute atomic E-state index is 2.34. The zero-order valence-corrected chi connectivity index (χ0v) is 19.8. The summed E-state index contributed by atoms with van der Waals surface area (Å²) in [6.45, 7) is 15.2. The van der Waals surface area contributed by atoms with E-state index >= 15 is 0 Å². The third-order valence-electron chi connectivity index (χ3n) is 5.94. The fourth-order valence-corrected chi connectivity index (χ4v) is 4.17. The first kappa shape index (κ1) is 28.5. The van der Waals surface area contributed by atoms with E-state index < -0.39 is 0 Å². The summed E-state index contributed by atoms with van der Waals surface area (Å²) in [5.74, 6) is 0. The summed E-state index contributed by atoms with van der Waals surface area (Å²) >= 11 is 0. The Morgan fingerprint density at radius 2 is 0.577 bits per heavy atom. The van der Waals surface area contributed by atoms with Gasteiger partial charge in [0.2, 0.25) is 0 Å². The summed E-state index contributed by atoms with van der Waals surface area (Å²) < 4.78 is 1.46. The second-order valence-corrected chi connectivity index (χ2v) is 8.48. The molecular formula is C24H52NS-. The normalized spacial score (nSPS) is 11.5. The molecule has 0 aromatic carbocycles. The number of unbranched alkanes of at least 4 members (excludes halogenated alkanes) is 12. The maximum atomic E-state index is 2.34. The number of nitrogens with zero attached hydrogens (tertiary/aromatic N) is 1. The van der Waals surface area contributed by atoms with E-state index in [4.69, 9.17) is 0 Å². The van der Waals surface area contributed by atoms with Gasteiger partial charge in [0.05, 0.1) is 26.2 Å². The smallest absolute Gasteiger partial charge is 0.0786 e. The van der Waals surface area contributed by atoms with Crippen molar-refractivity contribution >= 4 is 13.5 Å². The van der Waals surface area contributed by atoms with Crippen molar-refractivity contribution in [2.75, 3.05) is 26.2 Å². The van der Waals surface area contributed by atoms with Crippen molar-refractivity contribution in [2.24, 2.45) is 0 Å². The van der Waals surface area contributed by atoms with Crippen molar-refractivity contribution in [2.45, 2.75) is 130 Å². The van der Waals surface area contributed by atoms with Crippen molar-refractivity contribution in [3.05, 3.63) is 0 Å². The predicted octanol–water partition coefficient (Wildman–Crippen LogP) is 8.12. The summed E-state index contributed by atoms with van der Waals surface area (Å²) in [5, 5.41) is 0. The van der Waals surface area contributed by atoms with Gasteiger partial charge in [-0.3, -0.25) is 0 Å². The Hall–Kier alpha value is 0.310. The molecular weight excluding hydrogens is 334 g/mol. The Kier molecular flexibility index (Phi) is 23.7. The standard InChI is InChI=1S/C24H52N.S/c1-5-9-13-17-21-25(22-18-14-10-6-2,23-19-15-11-7-3)24-20-16-12-8-4;/h5-24H2,1-4H3;/q+1;-2. The zero-order chi connectivity index (χ0) is 18.6.